The molecule has 2 aliphatic rings. The van der Waals surface area contributed by atoms with Gasteiger partial charge in [-0.15, -0.1) is 0 Å². The van der Waals surface area contributed by atoms with Crippen LogP contribution in [0.2, 0.25) is 0 Å². The van der Waals surface area contributed by atoms with Crippen LogP contribution in [-0.4, -0.2) is 24.2 Å². The zero-order valence-corrected chi connectivity index (χ0v) is 11.3. The van der Waals surface area contributed by atoms with Crippen LogP contribution in [-0.2, 0) is 9.53 Å². The summed E-state index contributed by atoms with van der Waals surface area (Å²) in [4.78, 5) is 12.3. The third kappa shape index (κ3) is 2.37. The van der Waals surface area contributed by atoms with Crippen molar-refractivity contribution in [2.24, 2.45) is 17.8 Å². The van der Waals surface area contributed by atoms with E-state index in [1.165, 1.54) is 0 Å². The van der Waals surface area contributed by atoms with E-state index >= 15 is 0 Å². The summed E-state index contributed by atoms with van der Waals surface area (Å²) >= 11 is 0. The average Bonchev–Trinajstić information content (AvgIpc) is 2.85. The van der Waals surface area contributed by atoms with Gasteiger partial charge in [-0.25, -0.2) is 0 Å². The third-order valence-corrected chi connectivity index (χ3v) is 4.55. The number of carbonyl (C=O) groups is 1. The monoisotopic (exact) mass is 250 g/mol. The van der Waals surface area contributed by atoms with Crippen molar-refractivity contribution in [3.8, 4) is 6.07 Å². The fourth-order valence-electron chi connectivity index (χ4n) is 3.28. The van der Waals surface area contributed by atoms with Gasteiger partial charge in [0.25, 0.3) is 0 Å². The lowest BCUT2D eigenvalue weighted by molar-refractivity contribution is -0.128. The molecule has 0 aromatic carbocycles. The van der Waals surface area contributed by atoms with Crippen molar-refractivity contribution in [3.63, 3.8) is 0 Å². The number of hydrogen-bond acceptors (Lipinski definition) is 3. The van der Waals surface area contributed by atoms with E-state index in [1.54, 1.807) is 0 Å². The molecule has 0 bridgehead atoms. The molecule has 6 unspecified atom stereocenters. The molecule has 1 aliphatic heterocycles. The van der Waals surface area contributed by atoms with Crippen molar-refractivity contribution in [3.05, 3.63) is 0 Å². The number of hydrogen-bond donors (Lipinski definition) is 1. The van der Waals surface area contributed by atoms with Crippen LogP contribution in [0.4, 0.5) is 0 Å². The van der Waals surface area contributed by atoms with Crippen LogP contribution < -0.4 is 5.32 Å². The zero-order chi connectivity index (χ0) is 13.3. The average molecular weight is 250 g/mol. The molecule has 0 spiro atoms. The third-order valence-electron chi connectivity index (χ3n) is 4.55. The van der Waals surface area contributed by atoms with Crippen molar-refractivity contribution < 1.29 is 9.53 Å². The Kier molecular flexibility index (Phi) is 3.91. The number of nitrogens with zero attached hydrogens (tertiary/aromatic N) is 1. The molecule has 0 radical (unpaired) electrons. The molecule has 1 N–H and O–H groups in total. The van der Waals surface area contributed by atoms with Crippen molar-refractivity contribution >= 4 is 5.91 Å². The molecule has 0 aromatic rings. The van der Waals surface area contributed by atoms with Crippen LogP contribution in [0.1, 0.15) is 40.0 Å². The largest absolute Gasteiger partial charge is 0.374 e. The predicted molar refractivity (Wildman–Crippen MR) is 67.5 cm³/mol. The minimum Gasteiger partial charge on any atom is -0.374 e. The van der Waals surface area contributed by atoms with Gasteiger partial charge in [-0.05, 0) is 39.0 Å². The molecule has 100 valence electrons. The van der Waals surface area contributed by atoms with E-state index in [-0.39, 0.29) is 41.9 Å². The number of rotatable bonds is 2. The number of nitriles is 1. The maximum Gasteiger partial charge on any atom is 0.226 e. The van der Waals surface area contributed by atoms with Crippen LogP contribution in [0.15, 0.2) is 0 Å². The number of ether oxygens (including phenoxy) is 1. The summed E-state index contributed by atoms with van der Waals surface area (Å²) in [6.45, 7) is 6.04. The molecular formula is C14H22N2O2. The molecule has 0 aromatic heterocycles. The quantitative estimate of drug-likeness (QED) is 0.813. The summed E-state index contributed by atoms with van der Waals surface area (Å²) < 4.78 is 5.70. The Morgan fingerprint density at radius 1 is 1.28 bits per heavy atom. The standard InChI is InChI=1S/C14H22N2O2/c1-8-9(2)18-10(3)13(8)14(17)16-12-6-4-5-11(12)7-15/h8-13H,4-6H2,1-3H3,(H,16,17). The second-order valence-corrected chi connectivity index (χ2v) is 5.71. The Morgan fingerprint density at radius 3 is 2.56 bits per heavy atom. The van der Waals surface area contributed by atoms with E-state index < -0.39 is 0 Å². The smallest absolute Gasteiger partial charge is 0.226 e. The van der Waals surface area contributed by atoms with E-state index in [2.05, 4.69) is 18.3 Å². The molecule has 4 heteroatoms. The summed E-state index contributed by atoms with van der Waals surface area (Å²) in [5.41, 5.74) is 0. The van der Waals surface area contributed by atoms with Gasteiger partial charge >= 0.3 is 0 Å². The van der Waals surface area contributed by atoms with Gasteiger partial charge < -0.3 is 10.1 Å². The van der Waals surface area contributed by atoms with Gasteiger partial charge in [-0.1, -0.05) is 6.92 Å². The first kappa shape index (κ1) is 13.4. The molecule has 1 saturated carbocycles. The second-order valence-electron chi connectivity index (χ2n) is 5.71. The lowest BCUT2D eigenvalue weighted by atomic mass is 9.88. The highest BCUT2D eigenvalue weighted by molar-refractivity contribution is 5.80. The molecule has 1 heterocycles. The maximum absolute atomic E-state index is 12.3. The molecular weight excluding hydrogens is 228 g/mol. The van der Waals surface area contributed by atoms with Gasteiger partial charge in [-0.2, -0.15) is 5.26 Å². The fourth-order valence-corrected chi connectivity index (χ4v) is 3.28. The molecule has 4 nitrogen and oxygen atoms in total. The van der Waals surface area contributed by atoms with E-state index in [9.17, 15) is 4.79 Å². The highest BCUT2D eigenvalue weighted by atomic mass is 16.5. The van der Waals surface area contributed by atoms with Gasteiger partial charge in [0.2, 0.25) is 5.91 Å². The lowest BCUT2D eigenvalue weighted by Gasteiger charge is -2.22. The van der Waals surface area contributed by atoms with Gasteiger partial charge in [0, 0.05) is 6.04 Å². The molecule has 2 rings (SSSR count). The predicted octanol–water partition coefficient (Wildman–Crippen LogP) is 1.85. The first-order chi connectivity index (χ1) is 8.54. The summed E-state index contributed by atoms with van der Waals surface area (Å²) in [6, 6.07) is 2.33. The summed E-state index contributed by atoms with van der Waals surface area (Å²) in [5, 5.41) is 12.1. The first-order valence-electron chi connectivity index (χ1n) is 6.90. The minimum absolute atomic E-state index is 0.0145. The van der Waals surface area contributed by atoms with Gasteiger partial charge in [-0.3, -0.25) is 4.79 Å². The van der Waals surface area contributed by atoms with E-state index in [1.807, 2.05) is 13.8 Å². The topological polar surface area (TPSA) is 62.1 Å². The Balaban J connectivity index is 1.98. The minimum atomic E-state index is -0.0834. The van der Waals surface area contributed by atoms with E-state index in [0.717, 1.165) is 19.3 Å². The van der Waals surface area contributed by atoms with E-state index in [0.29, 0.717) is 0 Å². The zero-order valence-electron chi connectivity index (χ0n) is 11.3. The Bertz CT molecular complexity index is 363. The molecule has 2 fully saturated rings. The first-order valence-corrected chi connectivity index (χ1v) is 6.90. The van der Waals surface area contributed by atoms with Crippen molar-refractivity contribution in [2.75, 3.05) is 0 Å². The van der Waals surface area contributed by atoms with Crippen LogP contribution >= 0.6 is 0 Å². The molecule has 1 aliphatic carbocycles. The van der Waals surface area contributed by atoms with Crippen LogP contribution in [0, 0.1) is 29.1 Å². The van der Waals surface area contributed by atoms with Gasteiger partial charge in [0.1, 0.15) is 0 Å². The number of nitrogens with one attached hydrogen (secondary N) is 1. The summed E-state index contributed by atoms with van der Waals surface area (Å²) in [7, 11) is 0. The van der Waals surface area contributed by atoms with Crippen LogP contribution in [0.5, 0.6) is 0 Å². The van der Waals surface area contributed by atoms with Crippen molar-refractivity contribution in [1.82, 2.24) is 5.32 Å². The SMILES string of the molecule is CC1OC(C)C(C(=O)NC2CCCC2C#N)C1C. The lowest BCUT2D eigenvalue weighted by Crippen LogP contribution is -2.44. The van der Waals surface area contributed by atoms with Crippen molar-refractivity contribution in [1.29, 1.82) is 5.26 Å². The van der Waals surface area contributed by atoms with Gasteiger partial charge in [0.05, 0.1) is 30.1 Å². The van der Waals surface area contributed by atoms with Crippen molar-refractivity contribution in [2.45, 2.75) is 58.3 Å². The van der Waals surface area contributed by atoms with E-state index in [4.69, 9.17) is 10.00 Å². The Labute approximate surface area is 109 Å². The summed E-state index contributed by atoms with van der Waals surface area (Å²) in [5.74, 6) is 0.202. The fraction of sp³-hybridized carbons (Fsp3) is 0.857. The highest BCUT2D eigenvalue weighted by Gasteiger charge is 2.42. The maximum atomic E-state index is 12.3. The number of carbonyl (C=O) groups excluding carboxylic acids is 1. The van der Waals surface area contributed by atoms with Crippen LogP contribution in [0.3, 0.4) is 0 Å². The van der Waals surface area contributed by atoms with Crippen LogP contribution in [0.25, 0.3) is 0 Å². The normalized spacial score (nSPS) is 43.7. The molecule has 1 saturated heterocycles. The number of amides is 1. The molecule has 18 heavy (non-hydrogen) atoms. The van der Waals surface area contributed by atoms with Gasteiger partial charge in [0.15, 0.2) is 0 Å². The Hall–Kier alpha value is -1.08. The molecule has 1 amide bonds. The highest BCUT2D eigenvalue weighted by Crippen LogP contribution is 2.33. The summed E-state index contributed by atoms with van der Waals surface area (Å²) in [6.07, 6.45) is 2.97. The Morgan fingerprint density at radius 2 is 2.00 bits per heavy atom. The molecule has 6 atom stereocenters. The second kappa shape index (κ2) is 5.27.